The van der Waals surface area contributed by atoms with E-state index in [9.17, 15) is 18.4 Å². The van der Waals surface area contributed by atoms with Crippen molar-refractivity contribution in [1.82, 2.24) is 0 Å². The third kappa shape index (κ3) is 3.67. The summed E-state index contributed by atoms with van der Waals surface area (Å²) in [5, 5.41) is 35.3. The summed E-state index contributed by atoms with van der Waals surface area (Å²) in [6.07, 6.45) is -7.62. The van der Waals surface area contributed by atoms with E-state index in [2.05, 4.69) is 4.74 Å². The van der Waals surface area contributed by atoms with E-state index < -0.39 is 42.6 Å². The predicted octanol–water partition coefficient (Wildman–Crippen LogP) is -2.17. The second-order valence-corrected chi connectivity index (χ2v) is 3.36. The normalized spacial score (nSPS) is 16.8. The first-order valence-electron chi connectivity index (χ1n) is 4.94. The monoisotopic (exact) mass is 272 g/mol. The van der Waals surface area contributed by atoms with Gasteiger partial charge >= 0.3 is 17.7 Å². The van der Waals surface area contributed by atoms with Crippen LogP contribution in [0.3, 0.4) is 0 Å². The Morgan fingerprint density at radius 2 is 1.78 bits per heavy atom. The lowest BCUT2D eigenvalue weighted by atomic mass is 9.99. The highest BCUT2D eigenvalue weighted by molar-refractivity contribution is 6.36. The Morgan fingerprint density at radius 1 is 1.28 bits per heavy atom. The Labute approximate surface area is 101 Å². The van der Waals surface area contributed by atoms with E-state index in [1.54, 1.807) is 0 Å². The Kier molecular flexibility index (Phi) is 6.26. The number of halogens is 2. The lowest BCUT2D eigenvalue weighted by molar-refractivity contribution is -0.194. The number of hydrogen-bond donors (Lipinski definition) is 4. The third-order valence-corrected chi connectivity index (χ3v) is 2.04. The number of rotatable bonds is 7. The number of Topliss-reactive ketones (excluding diaryl/α,β-unsaturated/α-hetero) is 1. The molecule has 0 aliphatic rings. The molecule has 0 saturated carbocycles. The van der Waals surface area contributed by atoms with Crippen LogP contribution in [0.25, 0.3) is 0 Å². The zero-order valence-corrected chi connectivity index (χ0v) is 9.42. The highest BCUT2D eigenvalue weighted by atomic mass is 19.3. The van der Waals surface area contributed by atoms with Gasteiger partial charge in [-0.25, -0.2) is 4.79 Å². The number of ketones is 1. The lowest BCUT2D eigenvalue weighted by Gasteiger charge is -2.26. The van der Waals surface area contributed by atoms with Crippen molar-refractivity contribution in [2.45, 2.75) is 31.2 Å². The number of carbonyl (C=O) groups excluding carboxylic acids is 2. The summed E-state index contributed by atoms with van der Waals surface area (Å²) in [4.78, 5) is 21.8. The maximum absolute atomic E-state index is 13.3. The Hall–Kier alpha value is -1.16. The van der Waals surface area contributed by atoms with Gasteiger partial charge in [0, 0.05) is 0 Å². The minimum atomic E-state index is -4.64. The highest BCUT2D eigenvalue weighted by Crippen LogP contribution is 2.24. The molecule has 0 amide bonds. The van der Waals surface area contributed by atoms with Gasteiger partial charge in [-0.15, -0.1) is 0 Å². The van der Waals surface area contributed by atoms with Crippen LogP contribution in [0.15, 0.2) is 0 Å². The van der Waals surface area contributed by atoms with Crippen LogP contribution in [0.2, 0.25) is 0 Å². The van der Waals surface area contributed by atoms with Crippen molar-refractivity contribution in [3.05, 3.63) is 0 Å². The first kappa shape index (κ1) is 16.8. The Balaban J connectivity index is 4.90. The smallest absolute Gasteiger partial charge is 0.381 e. The topological polar surface area (TPSA) is 124 Å². The van der Waals surface area contributed by atoms with Crippen LogP contribution in [-0.4, -0.2) is 69.6 Å². The molecule has 0 heterocycles. The second kappa shape index (κ2) is 6.69. The SMILES string of the molecule is CCOC(=O)C(=O)C(F)(F)[C@@H](O)[C@H](O)[C@H](O)CO. The van der Waals surface area contributed by atoms with Crippen molar-refractivity contribution in [2.75, 3.05) is 13.2 Å². The van der Waals surface area contributed by atoms with Gasteiger partial charge in [0.1, 0.15) is 12.2 Å². The fraction of sp³-hybridized carbons (Fsp3) is 0.778. The summed E-state index contributed by atoms with van der Waals surface area (Å²) in [7, 11) is 0. The van der Waals surface area contributed by atoms with Gasteiger partial charge in [0.2, 0.25) is 0 Å². The molecule has 0 aromatic rings. The van der Waals surface area contributed by atoms with E-state index in [0.717, 1.165) is 0 Å². The summed E-state index contributed by atoms with van der Waals surface area (Å²) in [5.74, 6) is -8.85. The van der Waals surface area contributed by atoms with E-state index in [4.69, 9.17) is 20.4 Å². The van der Waals surface area contributed by atoms with Crippen LogP contribution < -0.4 is 0 Å². The van der Waals surface area contributed by atoms with Crippen LogP contribution in [0.1, 0.15) is 6.92 Å². The molecule has 0 aliphatic heterocycles. The molecular formula is C9H14F2O7. The van der Waals surface area contributed by atoms with E-state index in [1.807, 2.05) is 0 Å². The number of aliphatic hydroxyl groups is 4. The highest BCUT2D eigenvalue weighted by Gasteiger charge is 2.54. The molecular weight excluding hydrogens is 258 g/mol. The predicted molar refractivity (Wildman–Crippen MR) is 51.7 cm³/mol. The molecule has 0 aliphatic carbocycles. The zero-order valence-electron chi connectivity index (χ0n) is 9.42. The number of alkyl halides is 2. The van der Waals surface area contributed by atoms with Crippen molar-refractivity contribution >= 4 is 11.8 Å². The van der Waals surface area contributed by atoms with Gasteiger partial charge < -0.3 is 25.2 Å². The number of carbonyl (C=O) groups is 2. The van der Waals surface area contributed by atoms with Gasteiger partial charge in [-0.3, -0.25) is 4.79 Å². The van der Waals surface area contributed by atoms with E-state index in [-0.39, 0.29) is 6.61 Å². The molecule has 0 aromatic carbocycles. The van der Waals surface area contributed by atoms with Crippen LogP contribution in [0.4, 0.5) is 8.78 Å². The zero-order chi connectivity index (χ0) is 14.5. The molecule has 0 saturated heterocycles. The van der Waals surface area contributed by atoms with Crippen molar-refractivity contribution in [2.24, 2.45) is 0 Å². The summed E-state index contributed by atoms with van der Waals surface area (Å²) >= 11 is 0. The molecule has 18 heavy (non-hydrogen) atoms. The first-order chi connectivity index (χ1) is 8.19. The molecule has 0 aromatic heterocycles. The van der Waals surface area contributed by atoms with Crippen molar-refractivity contribution < 1.29 is 43.5 Å². The number of hydrogen-bond acceptors (Lipinski definition) is 7. The molecule has 0 spiro atoms. The van der Waals surface area contributed by atoms with Gasteiger partial charge in [0.25, 0.3) is 0 Å². The molecule has 0 fully saturated rings. The van der Waals surface area contributed by atoms with Crippen LogP contribution in [0.5, 0.6) is 0 Å². The summed E-state index contributed by atoms with van der Waals surface area (Å²) in [5.41, 5.74) is 0. The van der Waals surface area contributed by atoms with Gasteiger partial charge in [0.15, 0.2) is 6.10 Å². The van der Waals surface area contributed by atoms with E-state index in [1.165, 1.54) is 6.92 Å². The maximum Gasteiger partial charge on any atom is 0.381 e. The van der Waals surface area contributed by atoms with Crippen LogP contribution in [-0.2, 0) is 14.3 Å². The molecule has 0 bridgehead atoms. The minimum absolute atomic E-state index is 0.321. The molecule has 0 unspecified atom stereocenters. The Morgan fingerprint density at radius 3 is 2.17 bits per heavy atom. The number of aliphatic hydroxyl groups excluding tert-OH is 4. The summed E-state index contributed by atoms with van der Waals surface area (Å²) in [6, 6.07) is 0. The minimum Gasteiger partial charge on any atom is -0.460 e. The molecule has 3 atom stereocenters. The van der Waals surface area contributed by atoms with E-state index >= 15 is 0 Å². The molecule has 106 valence electrons. The second-order valence-electron chi connectivity index (χ2n) is 3.36. The number of ether oxygens (including phenoxy) is 1. The first-order valence-corrected chi connectivity index (χ1v) is 4.94. The largest absolute Gasteiger partial charge is 0.460 e. The van der Waals surface area contributed by atoms with Crippen molar-refractivity contribution in [3.8, 4) is 0 Å². The standard InChI is InChI=1S/C9H14F2O7/c1-2-18-8(17)7(16)9(10,11)6(15)5(14)4(13)3-12/h4-6,12-15H,2-3H2,1H3/t4-,5-,6+/m1/s1. The molecule has 7 nitrogen and oxygen atoms in total. The molecule has 4 N–H and O–H groups in total. The Bertz CT molecular complexity index is 307. The third-order valence-electron chi connectivity index (χ3n) is 2.04. The van der Waals surface area contributed by atoms with Gasteiger partial charge in [-0.1, -0.05) is 0 Å². The molecule has 0 rings (SSSR count). The average Bonchev–Trinajstić information content (AvgIpc) is 2.34. The van der Waals surface area contributed by atoms with Gasteiger partial charge in [-0.2, -0.15) is 8.78 Å². The van der Waals surface area contributed by atoms with E-state index in [0.29, 0.717) is 0 Å². The fourth-order valence-electron chi connectivity index (χ4n) is 1.000. The van der Waals surface area contributed by atoms with Crippen LogP contribution in [0, 0.1) is 0 Å². The van der Waals surface area contributed by atoms with Crippen molar-refractivity contribution in [3.63, 3.8) is 0 Å². The summed E-state index contributed by atoms with van der Waals surface area (Å²) in [6.45, 7) is -0.148. The number of esters is 1. The lowest BCUT2D eigenvalue weighted by Crippen LogP contribution is -2.54. The van der Waals surface area contributed by atoms with Crippen LogP contribution >= 0.6 is 0 Å². The summed E-state index contributed by atoms with van der Waals surface area (Å²) < 4.78 is 30.6. The fourth-order valence-corrected chi connectivity index (χ4v) is 1.000. The van der Waals surface area contributed by atoms with Gasteiger partial charge in [0.05, 0.1) is 13.2 Å². The molecule has 0 radical (unpaired) electrons. The average molecular weight is 272 g/mol. The quantitative estimate of drug-likeness (QED) is 0.307. The van der Waals surface area contributed by atoms with Gasteiger partial charge in [-0.05, 0) is 6.92 Å². The van der Waals surface area contributed by atoms with Crippen molar-refractivity contribution in [1.29, 1.82) is 0 Å². The maximum atomic E-state index is 13.3. The molecule has 9 heteroatoms.